The van der Waals surface area contributed by atoms with Crippen LogP contribution in [0, 0.1) is 0 Å². The Morgan fingerprint density at radius 3 is 2.39 bits per heavy atom. The first-order valence-electron chi connectivity index (χ1n) is 7.21. The molecule has 2 amide bonds. The molecule has 23 heavy (non-hydrogen) atoms. The van der Waals surface area contributed by atoms with Crippen LogP contribution in [0.1, 0.15) is 43.7 Å². The molecule has 0 aliphatic rings. The molecule has 0 bridgehead atoms. The second-order valence-corrected chi connectivity index (χ2v) is 6.09. The average Bonchev–Trinajstić information content (AvgIpc) is 3.08. The molecule has 0 radical (unpaired) electrons. The van der Waals surface area contributed by atoms with E-state index in [-0.39, 0.29) is 30.1 Å². The maximum Gasteiger partial charge on any atom is 0.251 e. The van der Waals surface area contributed by atoms with Crippen LogP contribution in [-0.4, -0.2) is 30.7 Å². The zero-order chi connectivity index (χ0) is 16.8. The quantitative estimate of drug-likeness (QED) is 0.799. The van der Waals surface area contributed by atoms with Gasteiger partial charge >= 0.3 is 0 Å². The van der Waals surface area contributed by atoms with Crippen molar-refractivity contribution in [2.75, 3.05) is 7.05 Å². The number of nitrogens with one attached hydrogen (secondary N) is 2. The molecule has 0 spiro atoms. The first-order chi connectivity index (χ1) is 11.0. The van der Waals surface area contributed by atoms with E-state index in [0.29, 0.717) is 16.0 Å². The molecular formula is C17H18N2O3S. The van der Waals surface area contributed by atoms with E-state index in [0.717, 1.165) is 0 Å². The highest BCUT2D eigenvalue weighted by molar-refractivity contribution is 7.12. The molecule has 0 saturated carbocycles. The van der Waals surface area contributed by atoms with E-state index in [1.807, 2.05) is 11.4 Å². The summed E-state index contributed by atoms with van der Waals surface area (Å²) in [6.07, 6.45) is 0.237. The lowest BCUT2D eigenvalue weighted by Crippen LogP contribution is -2.34. The van der Waals surface area contributed by atoms with Crippen molar-refractivity contribution in [3.8, 4) is 0 Å². The van der Waals surface area contributed by atoms with Crippen LogP contribution in [-0.2, 0) is 0 Å². The van der Waals surface area contributed by atoms with Crippen molar-refractivity contribution in [1.82, 2.24) is 10.6 Å². The summed E-state index contributed by atoms with van der Waals surface area (Å²) in [4.78, 5) is 36.5. The van der Waals surface area contributed by atoms with Gasteiger partial charge in [-0.1, -0.05) is 12.1 Å². The number of hydrogen-bond acceptors (Lipinski definition) is 4. The summed E-state index contributed by atoms with van der Waals surface area (Å²) in [5.41, 5.74) is 0.809. The number of Topliss-reactive ketones (excluding diaryl/α,β-unsaturated/α-hetero) is 1. The van der Waals surface area contributed by atoms with E-state index in [1.165, 1.54) is 24.5 Å². The largest absolute Gasteiger partial charge is 0.355 e. The Balaban J connectivity index is 1.98. The number of carbonyl (C=O) groups is 3. The summed E-state index contributed by atoms with van der Waals surface area (Å²) in [5.74, 6) is -0.547. The van der Waals surface area contributed by atoms with Gasteiger partial charge in [0.15, 0.2) is 5.78 Å². The average molecular weight is 330 g/mol. The van der Waals surface area contributed by atoms with Gasteiger partial charge in [0.05, 0.1) is 4.88 Å². The van der Waals surface area contributed by atoms with Crippen molar-refractivity contribution in [2.24, 2.45) is 0 Å². The van der Waals surface area contributed by atoms with Gasteiger partial charge in [0.25, 0.3) is 11.8 Å². The lowest BCUT2D eigenvalue weighted by molar-refractivity contribution is 0.0919. The Kier molecular flexibility index (Phi) is 5.65. The Morgan fingerprint density at radius 2 is 1.78 bits per heavy atom. The minimum atomic E-state index is -0.303. The minimum absolute atomic E-state index is 0.00640. The summed E-state index contributed by atoms with van der Waals surface area (Å²) < 4.78 is 0. The van der Waals surface area contributed by atoms with Crippen LogP contribution in [0.5, 0.6) is 0 Å². The molecule has 2 rings (SSSR count). The van der Waals surface area contributed by atoms with E-state index in [4.69, 9.17) is 0 Å². The number of thiophene rings is 1. The number of ketones is 1. The van der Waals surface area contributed by atoms with Gasteiger partial charge in [0, 0.05) is 30.6 Å². The first kappa shape index (κ1) is 16.9. The number of carbonyl (C=O) groups excluding carboxylic acids is 3. The van der Waals surface area contributed by atoms with Crippen molar-refractivity contribution in [2.45, 2.75) is 19.4 Å². The third-order valence-corrected chi connectivity index (χ3v) is 4.19. The van der Waals surface area contributed by atoms with Crippen LogP contribution in [0.2, 0.25) is 0 Å². The summed E-state index contributed by atoms with van der Waals surface area (Å²) in [6, 6.07) is 9.76. The number of rotatable bonds is 6. The Labute approximate surface area is 138 Å². The first-order valence-corrected chi connectivity index (χ1v) is 8.09. The molecule has 1 heterocycles. The standard InChI is InChI=1S/C17H18N2O3S/c1-11(9-14(20)15-7-4-8-23-15)19-17(22)13-6-3-5-12(10-13)16(21)18-2/h3-8,10-11H,9H2,1-2H3,(H,18,21)(H,19,22). The van der Waals surface area contributed by atoms with Gasteiger partial charge < -0.3 is 10.6 Å². The Morgan fingerprint density at radius 1 is 1.09 bits per heavy atom. The zero-order valence-corrected chi connectivity index (χ0v) is 13.8. The normalized spacial score (nSPS) is 11.6. The van der Waals surface area contributed by atoms with Gasteiger partial charge in [-0.2, -0.15) is 0 Å². The molecule has 120 valence electrons. The molecule has 0 fully saturated rings. The molecule has 5 nitrogen and oxygen atoms in total. The van der Waals surface area contributed by atoms with Gasteiger partial charge in [-0.05, 0) is 36.6 Å². The molecule has 2 N–H and O–H groups in total. The topological polar surface area (TPSA) is 75.3 Å². The van der Waals surface area contributed by atoms with Crippen molar-refractivity contribution < 1.29 is 14.4 Å². The predicted octanol–water partition coefficient (Wildman–Crippen LogP) is 2.50. The third-order valence-electron chi connectivity index (χ3n) is 3.28. The molecule has 1 aromatic carbocycles. The van der Waals surface area contributed by atoms with E-state index in [1.54, 1.807) is 31.2 Å². The second-order valence-electron chi connectivity index (χ2n) is 5.14. The van der Waals surface area contributed by atoms with E-state index in [9.17, 15) is 14.4 Å². The van der Waals surface area contributed by atoms with Gasteiger partial charge in [-0.3, -0.25) is 14.4 Å². The summed E-state index contributed by atoms with van der Waals surface area (Å²) in [5, 5.41) is 7.15. The molecule has 2 aromatic rings. The highest BCUT2D eigenvalue weighted by atomic mass is 32.1. The fraction of sp³-hybridized carbons (Fsp3) is 0.235. The SMILES string of the molecule is CNC(=O)c1cccc(C(=O)NC(C)CC(=O)c2cccs2)c1. The summed E-state index contributed by atoms with van der Waals surface area (Å²) in [7, 11) is 1.54. The highest BCUT2D eigenvalue weighted by Gasteiger charge is 2.16. The predicted molar refractivity (Wildman–Crippen MR) is 90.0 cm³/mol. The van der Waals surface area contributed by atoms with Gasteiger partial charge in [0.1, 0.15) is 0 Å². The lowest BCUT2D eigenvalue weighted by Gasteiger charge is -2.13. The zero-order valence-electron chi connectivity index (χ0n) is 13.0. The smallest absolute Gasteiger partial charge is 0.251 e. The second kappa shape index (κ2) is 7.69. The van der Waals surface area contributed by atoms with E-state index < -0.39 is 0 Å². The van der Waals surface area contributed by atoms with Crippen LogP contribution in [0.4, 0.5) is 0 Å². The van der Waals surface area contributed by atoms with Crippen molar-refractivity contribution >= 4 is 28.9 Å². The fourth-order valence-corrected chi connectivity index (χ4v) is 2.80. The summed E-state index contributed by atoms with van der Waals surface area (Å²) in [6.45, 7) is 1.78. The van der Waals surface area contributed by atoms with Crippen molar-refractivity contribution in [3.63, 3.8) is 0 Å². The van der Waals surface area contributed by atoms with Crippen molar-refractivity contribution in [1.29, 1.82) is 0 Å². The van der Waals surface area contributed by atoms with E-state index in [2.05, 4.69) is 10.6 Å². The van der Waals surface area contributed by atoms with Gasteiger partial charge in [-0.25, -0.2) is 0 Å². The lowest BCUT2D eigenvalue weighted by atomic mass is 10.1. The third kappa shape index (κ3) is 4.50. The van der Waals surface area contributed by atoms with Crippen molar-refractivity contribution in [3.05, 3.63) is 57.8 Å². The number of hydrogen-bond donors (Lipinski definition) is 2. The minimum Gasteiger partial charge on any atom is -0.355 e. The van der Waals surface area contributed by atoms with Crippen LogP contribution >= 0.6 is 11.3 Å². The van der Waals surface area contributed by atoms with Crippen LogP contribution in [0.3, 0.4) is 0 Å². The molecule has 1 unspecified atom stereocenters. The molecule has 0 aliphatic heterocycles. The van der Waals surface area contributed by atoms with Gasteiger partial charge in [0.2, 0.25) is 0 Å². The maximum atomic E-state index is 12.2. The molecular weight excluding hydrogens is 312 g/mol. The van der Waals surface area contributed by atoms with Gasteiger partial charge in [-0.15, -0.1) is 11.3 Å². The molecule has 0 aliphatic carbocycles. The maximum absolute atomic E-state index is 12.2. The Hall–Kier alpha value is -2.47. The van der Waals surface area contributed by atoms with Crippen LogP contribution in [0.25, 0.3) is 0 Å². The Bertz CT molecular complexity index is 710. The molecule has 1 atom stereocenters. The fourth-order valence-electron chi connectivity index (χ4n) is 2.12. The number of amides is 2. The van der Waals surface area contributed by atoms with Crippen LogP contribution < -0.4 is 10.6 Å². The molecule has 1 aromatic heterocycles. The highest BCUT2D eigenvalue weighted by Crippen LogP contribution is 2.13. The summed E-state index contributed by atoms with van der Waals surface area (Å²) >= 11 is 1.39. The molecule has 6 heteroatoms. The van der Waals surface area contributed by atoms with Crippen LogP contribution in [0.15, 0.2) is 41.8 Å². The number of benzene rings is 1. The molecule has 0 saturated heterocycles. The monoisotopic (exact) mass is 330 g/mol. The van der Waals surface area contributed by atoms with E-state index >= 15 is 0 Å².